The number of nitrogens with one attached hydrogen (secondary N) is 1. The second-order valence-corrected chi connectivity index (χ2v) is 8.20. The van der Waals surface area contributed by atoms with Crippen LogP contribution in [0.2, 0.25) is 0 Å². The summed E-state index contributed by atoms with van der Waals surface area (Å²) in [7, 11) is 0. The van der Waals surface area contributed by atoms with Gasteiger partial charge < -0.3 is 15.2 Å². The van der Waals surface area contributed by atoms with Crippen LogP contribution in [0.5, 0.6) is 5.75 Å². The van der Waals surface area contributed by atoms with Gasteiger partial charge in [0.05, 0.1) is 17.6 Å². The maximum atomic E-state index is 14.0. The number of alkyl halides is 5. The largest absolute Gasteiger partial charge is 0.484 e. The van der Waals surface area contributed by atoms with Gasteiger partial charge in [-0.25, -0.2) is 17.6 Å². The molecule has 1 aliphatic carbocycles. The van der Waals surface area contributed by atoms with Gasteiger partial charge in [0.2, 0.25) is 5.91 Å². The molecule has 0 heterocycles. The number of hydrogen-bond donors (Lipinski definition) is 2. The molecular weight excluding hydrogens is 459 g/mol. The number of amides is 1. The van der Waals surface area contributed by atoms with Crippen molar-refractivity contribution in [1.82, 2.24) is 5.32 Å². The minimum absolute atomic E-state index is 0.124. The fraction of sp³-hybridized carbons (Fsp3) is 0.409. The zero-order valence-electron chi connectivity index (χ0n) is 17.3. The van der Waals surface area contributed by atoms with E-state index >= 15 is 0 Å². The van der Waals surface area contributed by atoms with Gasteiger partial charge in [0.1, 0.15) is 17.4 Å². The maximum Gasteiger partial charge on any atom is 0.422 e. The molecule has 0 aromatic heterocycles. The van der Waals surface area contributed by atoms with E-state index in [1.165, 1.54) is 0 Å². The number of carbonyl (C=O) groups excluding carboxylic acids is 1. The van der Waals surface area contributed by atoms with Gasteiger partial charge in [-0.3, -0.25) is 4.79 Å². The van der Waals surface area contributed by atoms with Crippen LogP contribution in [-0.4, -0.2) is 23.8 Å². The van der Waals surface area contributed by atoms with E-state index in [4.69, 9.17) is 0 Å². The molecule has 180 valence electrons. The highest BCUT2D eigenvalue weighted by Gasteiger charge is 2.47. The Morgan fingerprint density at radius 1 is 1.15 bits per heavy atom. The monoisotopic (exact) mass is 479 g/mol. The van der Waals surface area contributed by atoms with E-state index in [0.717, 1.165) is 37.3 Å². The summed E-state index contributed by atoms with van der Waals surface area (Å²) < 4.78 is 95.8. The van der Waals surface area contributed by atoms with Crippen molar-refractivity contribution in [2.45, 2.75) is 49.9 Å². The molecule has 1 amide bonds. The van der Waals surface area contributed by atoms with E-state index in [1.807, 2.05) is 0 Å². The third-order valence-corrected chi connectivity index (χ3v) is 5.28. The number of ether oxygens (including phenoxy) is 1. The summed E-state index contributed by atoms with van der Waals surface area (Å²) in [5, 5.41) is 13.2. The van der Waals surface area contributed by atoms with E-state index in [1.54, 1.807) is 0 Å². The van der Waals surface area contributed by atoms with Gasteiger partial charge in [0.15, 0.2) is 6.61 Å². The summed E-state index contributed by atoms with van der Waals surface area (Å²) in [6.45, 7) is -0.520. The van der Waals surface area contributed by atoms with Crippen molar-refractivity contribution >= 4 is 5.91 Å². The predicted octanol–water partition coefficient (Wildman–Crippen LogP) is 5.25. The first-order valence-electron chi connectivity index (χ1n) is 9.83. The molecule has 11 heteroatoms. The molecule has 4 nitrogen and oxygen atoms in total. The van der Waals surface area contributed by atoms with Crippen LogP contribution in [0.4, 0.5) is 30.7 Å². The summed E-state index contributed by atoms with van der Waals surface area (Å²) in [6.07, 6.45) is -7.70. The van der Waals surface area contributed by atoms with Crippen LogP contribution < -0.4 is 10.1 Å². The maximum absolute atomic E-state index is 14.0. The Kier molecular flexibility index (Phi) is 6.65. The molecule has 2 aromatic carbocycles. The Bertz CT molecular complexity index is 1030. The SMILES string of the molecule is CC(O)(CC(=O)NC1(c2cc(OCC(F)(F)F)cc(C(F)F)c2)CC1)c1ccc(F)cc1F. The number of hydrogen-bond acceptors (Lipinski definition) is 3. The molecule has 3 rings (SSSR count). The Morgan fingerprint density at radius 3 is 2.36 bits per heavy atom. The van der Waals surface area contributed by atoms with Crippen molar-refractivity contribution in [1.29, 1.82) is 0 Å². The third-order valence-electron chi connectivity index (χ3n) is 5.28. The summed E-state index contributed by atoms with van der Waals surface area (Å²) in [5.41, 5.74) is -3.92. The van der Waals surface area contributed by atoms with Crippen LogP contribution in [-0.2, 0) is 15.9 Å². The van der Waals surface area contributed by atoms with E-state index in [2.05, 4.69) is 10.1 Å². The van der Waals surface area contributed by atoms with Gasteiger partial charge in [0, 0.05) is 17.2 Å². The Balaban J connectivity index is 1.79. The zero-order chi connectivity index (χ0) is 24.6. The lowest BCUT2D eigenvalue weighted by molar-refractivity contribution is -0.153. The van der Waals surface area contributed by atoms with Gasteiger partial charge in [0.25, 0.3) is 6.43 Å². The minimum Gasteiger partial charge on any atom is -0.484 e. The van der Waals surface area contributed by atoms with E-state index < -0.39 is 65.6 Å². The van der Waals surface area contributed by atoms with Gasteiger partial charge in [-0.1, -0.05) is 6.07 Å². The van der Waals surface area contributed by atoms with Crippen LogP contribution in [0.15, 0.2) is 36.4 Å². The molecule has 0 aliphatic heterocycles. The fourth-order valence-electron chi connectivity index (χ4n) is 3.53. The molecule has 1 atom stereocenters. The number of halogens is 7. The molecule has 1 unspecified atom stereocenters. The first-order chi connectivity index (χ1) is 15.2. The van der Waals surface area contributed by atoms with Crippen LogP contribution in [0, 0.1) is 11.6 Å². The minimum atomic E-state index is -4.67. The highest BCUT2D eigenvalue weighted by Crippen LogP contribution is 2.47. The number of aliphatic hydroxyl groups is 1. The Hall–Kier alpha value is -2.82. The molecule has 1 aliphatic rings. The second-order valence-electron chi connectivity index (χ2n) is 8.20. The third kappa shape index (κ3) is 6.16. The molecule has 2 aromatic rings. The molecule has 2 N–H and O–H groups in total. The van der Waals surface area contributed by atoms with Crippen molar-refractivity contribution in [2.24, 2.45) is 0 Å². The van der Waals surface area contributed by atoms with Crippen molar-refractivity contribution in [3.05, 3.63) is 64.7 Å². The summed E-state index contributed by atoms with van der Waals surface area (Å²) in [4.78, 5) is 12.6. The topological polar surface area (TPSA) is 58.6 Å². The van der Waals surface area contributed by atoms with Crippen molar-refractivity contribution < 1.29 is 45.4 Å². The van der Waals surface area contributed by atoms with Crippen LogP contribution in [0.3, 0.4) is 0 Å². The zero-order valence-corrected chi connectivity index (χ0v) is 17.3. The van der Waals surface area contributed by atoms with Crippen molar-refractivity contribution in [2.75, 3.05) is 6.61 Å². The van der Waals surface area contributed by atoms with Gasteiger partial charge in [-0.05, 0) is 49.6 Å². The summed E-state index contributed by atoms with van der Waals surface area (Å²) in [5.74, 6) is -3.11. The van der Waals surface area contributed by atoms with Crippen LogP contribution in [0.1, 0.15) is 49.3 Å². The first kappa shape index (κ1) is 24.8. The molecule has 0 bridgehead atoms. The van der Waals surface area contributed by atoms with Crippen LogP contribution in [0.25, 0.3) is 0 Å². The van der Waals surface area contributed by atoms with Crippen molar-refractivity contribution in [3.63, 3.8) is 0 Å². The molecule has 1 fully saturated rings. The van der Waals surface area contributed by atoms with Gasteiger partial charge in [-0.2, -0.15) is 13.2 Å². The summed E-state index contributed by atoms with van der Waals surface area (Å²) >= 11 is 0. The standard InChI is InChI=1S/C22H20F7NO3/c1-20(32,16-3-2-14(23)9-17(16)24)10-18(31)30-21(4-5-21)13-6-12(19(25)26)7-15(8-13)33-11-22(27,28)29/h2-3,6-9,19,32H,4-5,10-11H2,1H3,(H,30,31). The van der Waals surface area contributed by atoms with Gasteiger partial charge >= 0.3 is 6.18 Å². The molecule has 0 saturated heterocycles. The van der Waals surface area contributed by atoms with E-state index in [9.17, 15) is 40.6 Å². The molecular formula is C22H20F7NO3. The van der Waals surface area contributed by atoms with Gasteiger partial charge in [-0.15, -0.1) is 0 Å². The average molecular weight is 479 g/mol. The Labute approximate surface area is 184 Å². The lowest BCUT2D eigenvalue weighted by Gasteiger charge is -2.26. The lowest BCUT2D eigenvalue weighted by Crippen LogP contribution is -2.39. The van der Waals surface area contributed by atoms with E-state index in [0.29, 0.717) is 18.9 Å². The molecule has 1 saturated carbocycles. The van der Waals surface area contributed by atoms with Crippen LogP contribution >= 0.6 is 0 Å². The predicted molar refractivity (Wildman–Crippen MR) is 103 cm³/mol. The molecule has 33 heavy (non-hydrogen) atoms. The number of benzene rings is 2. The van der Waals surface area contributed by atoms with E-state index in [-0.39, 0.29) is 11.1 Å². The summed E-state index contributed by atoms with van der Waals surface area (Å²) in [6, 6.07) is 5.48. The number of rotatable bonds is 8. The highest BCUT2D eigenvalue weighted by molar-refractivity contribution is 5.79. The Morgan fingerprint density at radius 2 is 1.82 bits per heavy atom. The molecule has 0 spiro atoms. The normalized spacial score (nSPS) is 16.9. The molecule has 0 radical (unpaired) electrons. The quantitative estimate of drug-likeness (QED) is 0.509. The fourth-order valence-corrected chi connectivity index (χ4v) is 3.53. The second kappa shape index (κ2) is 8.85. The highest BCUT2D eigenvalue weighted by atomic mass is 19.4. The average Bonchev–Trinajstić information content (AvgIpc) is 3.45. The number of carbonyl (C=O) groups is 1. The van der Waals surface area contributed by atoms with Crippen molar-refractivity contribution in [3.8, 4) is 5.75 Å². The smallest absolute Gasteiger partial charge is 0.422 e. The lowest BCUT2D eigenvalue weighted by atomic mass is 9.91. The first-order valence-corrected chi connectivity index (χ1v) is 9.83.